The van der Waals surface area contributed by atoms with Gasteiger partial charge in [-0.2, -0.15) is 0 Å². The Morgan fingerprint density at radius 3 is 2.28 bits per heavy atom. The van der Waals surface area contributed by atoms with Crippen molar-refractivity contribution in [3.05, 3.63) is 102 Å². The van der Waals surface area contributed by atoms with Gasteiger partial charge in [0.15, 0.2) is 5.78 Å². The van der Waals surface area contributed by atoms with Gasteiger partial charge in [0.1, 0.15) is 5.82 Å². The molecule has 0 radical (unpaired) electrons. The summed E-state index contributed by atoms with van der Waals surface area (Å²) in [6.07, 6.45) is 0. The maximum Gasteiger partial charge on any atom is 0.332 e. The Kier molecular flexibility index (Phi) is 3.70. The van der Waals surface area contributed by atoms with Gasteiger partial charge in [-0.25, -0.2) is 4.79 Å². The first-order valence-electron chi connectivity index (χ1n) is 9.11. The zero-order valence-corrected chi connectivity index (χ0v) is 16.4. The van der Waals surface area contributed by atoms with Crippen molar-refractivity contribution in [2.75, 3.05) is 5.32 Å². The molecule has 0 amide bonds. The van der Waals surface area contributed by atoms with Crippen LogP contribution in [0.5, 0.6) is 0 Å². The number of fused-ring (bicyclic) bond motifs is 3. The van der Waals surface area contributed by atoms with E-state index in [0.717, 1.165) is 10.1 Å². The first kappa shape index (κ1) is 17.7. The Hall–Kier alpha value is -3.38. The van der Waals surface area contributed by atoms with Gasteiger partial charge in [0.2, 0.25) is 0 Å². The lowest BCUT2D eigenvalue weighted by molar-refractivity contribution is 0.103. The summed E-state index contributed by atoms with van der Waals surface area (Å²) in [4.78, 5) is 39.1. The number of nitrogens with zero attached hydrogens (tertiary/aromatic N) is 2. The van der Waals surface area contributed by atoms with E-state index < -0.39 is 17.2 Å². The minimum atomic E-state index is -0.680. The number of Topliss-reactive ketones (excluding diaryl/α,β-unsaturated/α-hetero) is 1. The molecule has 1 aliphatic heterocycles. The number of carbonyl (C=O) groups excluding carboxylic acids is 1. The van der Waals surface area contributed by atoms with Crippen LogP contribution in [0.1, 0.15) is 33.0 Å². The number of carbonyl (C=O) groups is 1. The molecule has 6 nitrogen and oxygen atoms in total. The number of aromatic nitrogens is 2. The summed E-state index contributed by atoms with van der Waals surface area (Å²) in [6.45, 7) is 0. The third kappa shape index (κ3) is 2.26. The lowest BCUT2D eigenvalue weighted by Gasteiger charge is -2.30. The van der Waals surface area contributed by atoms with Crippen molar-refractivity contribution in [2.24, 2.45) is 14.1 Å². The highest BCUT2D eigenvalue weighted by molar-refractivity contribution is 6.32. The molecule has 2 aromatic carbocycles. The first-order valence-corrected chi connectivity index (χ1v) is 9.49. The van der Waals surface area contributed by atoms with Crippen molar-refractivity contribution in [1.29, 1.82) is 0 Å². The predicted octanol–water partition coefficient (Wildman–Crippen LogP) is 2.90. The van der Waals surface area contributed by atoms with Gasteiger partial charge in [0.05, 0.1) is 17.2 Å². The van der Waals surface area contributed by atoms with Crippen molar-refractivity contribution >= 4 is 28.9 Å². The molecule has 1 unspecified atom stereocenters. The van der Waals surface area contributed by atoms with Gasteiger partial charge in [-0.3, -0.25) is 18.7 Å². The van der Waals surface area contributed by atoms with Gasteiger partial charge >= 0.3 is 5.69 Å². The van der Waals surface area contributed by atoms with Crippen molar-refractivity contribution in [3.63, 3.8) is 0 Å². The second-order valence-corrected chi connectivity index (χ2v) is 7.62. The molecule has 29 heavy (non-hydrogen) atoms. The summed E-state index contributed by atoms with van der Waals surface area (Å²) in [7, 11) is 3.04. The van der Waals surface area contributed by atoms with E-state index in [2.05, 4.69) is 5.32 Å². The number of ketones is 1. The minimum absolute atomic E-state index is 0.144. The summed E-state index contributed by atoms with van der Waals surface area (Å²) < 4.78 is 2.46. The number of anilines is 1. The highest BCUT2D eigenvalue weighted by Gasteiger charge is 2.43. The Labute approximate surface area is 170 Å². The molecule has 1 N–H and O–H groups in total. The lowest BCUT2D eigenvalue weighted by atomic mass is 9.81. The molecule has 2 aliphatic rings. The number of hydrogen-bond donors (Lipinski definition) is 1. The largest absolute Gasteiger partial charge is 0.340 e. The molecule has 5 rings (SSSR count). The molecule has 0 bridgehead atoms. The molecule has 144 valence electrons. The third-order valence-corrected chi connectivity index (χ3v) is 6.04. The van der Waals surface area contributed by atoms with E-state index in [9.17, 15) is 14.4 Å². The Morgan fingerprint density at radius 1 is 0.897 bits per heavy atom. The van der Waals surface area contributed by atoms with E-state index in [0.29, 0.717) is 38.8 Å². The Balaban J connectivity index is 1.92. The Morgan fingerprint density at radius 2 is 1.55 bits per heavy atom. The number of hydrogen-bond acceptors (Lipinski definition) is 4. The summed E-state index contributed by atoms with van der Waals surface area (Å²) in [5, 5.41) is 3.66. The quantitative estimate of drug-likeness (QED) is 0.675. The van der Waals surface area contributed by atoms with E-state index >= 15 is 0 Å². The minimum Gasteiger partial charge on any atom is -0.340 e. The molecule has 0 spiro atoms. The molecule has 1 aliphatic carbocycles. The smallest absolute Gasteiger partial charge is 0.332 e. The van der Waals surface area contributed by atoms with Gasteiger partial charge < -0.3 is 5.32 Å². The summed E-state index contributed by atoms with van der Waals surface area (Å²) in [5.41, 5.74) is 2.51. The molecule has 1 aromatic heterocycles. The van der Waals surface area contributed by atoms with E-state index in [-0.39, 0.29) is 5.78 Å². The van der Waals surface area contributed by atoms with E-state index in [1.54, 1.807) is 25.2 Å². The topological polar surface area (TPSA) is 73.1 Å². The molecule has 0 saturated carbocycles. The van der Waals surface area contributed by atoms with Crippen LogP contribution in [0.25, 0.3) is 5.70 Å². The zero-order valence-electron chi connectivity index (χ0n) is 15.7. The van der Waals surface area contributed by atoms with Crippen molar-refractivity contribution in [1.82, 2.24) is 9.13 Å². The molecule has 0 fully saturated rings. The van der Waals surface area contributed by atoms with Crippen molar-refractivity contribution in [2.45, 2.75) is 5.92 Å². The average Bonchev–Trinajstić information content (AvgIpc) is 3.02. The molecular weight excluding hydrogens is 390 g/mol. The van der Waals surface area contributed by atoms with Crippen LogP contribution in [0.2, 0.25) is 5.02 Å². The second-order valence-electron chi connectivity index (χ2n) is 7.21. The maximum absolute atomic E-state index is 13.4. The fraction of sp³-hybridized carbons (Fsp3) is 0.136. The fourth-order valence-corrected chi connectivity index (χ4v) is 4.52. The average molecular weight is 406 g/mol. The van der Waals surface area contributed by atoms with E-state index in [1.807, 2.05) is 30.3 Å². The van der Waals surface area contributed by atoms with Gasteiger partial charge in [0.25, 0.3) is 5.56 Å². The molecule has 1 atom stereocenters. The van der Waals surface area contributed by atoms with Crippen molar-refractivity contribution in [3.8, 4) is 0 Å². The summed E-state index contributed by atoms with van der Waals surface area (Å²) in [6, 6.07) is 14.5. The van der Waals surface area contributed by atoms with Gasteiger partial charge in [-0.05, 0) is 11.6 Å². The van der Waals surface area contributed by atoms with E-state index in [4.69, 9.17) is 11.6 Å². The number of allylic oxidation sites excluding steroid dienone is 1. The zero-order chi connectivity index (χ0) is 20.4. The van der Waals surface area contributed by atoms with Crippen LogP contribution in [-0.2, 0) is 14.1 Å². The van der Waals surface area contributed by atoms with Crippen LogP contribution < -0.4 is 16.6 Å². The first-order chi connectivity index (χ1) is 13.9. The second kappa shape index (κ2) is 6.06. The molecule has 7 heteroatoms. The van der Waals surface area contributed by atoms with Gasteiger partial charge in [0, 0.05) is 35.8 Å². The monoisotopic (exact) mass is 405 g/mol. The van der Waals surface area contributed by atoms with E-state index in [1.165, 1.54) is 11.6 Å². The maximum atomic E-state index is 13.4. The van der Waals surface area contributed by atoms with Crippen LogP contribution in [-0.4, -0.2) is 14.9 Å². The molecule has 2 heterocycles. The summed E-state index contributed by atoms with van der Waals surface area (Å²) in [5.74, 6) is -0.443. The predicted molar refractivity (Wildman–Crippen MR) is 112 cm³/mol. The van der Waals surface area contributed by atoms with Gasteiger partial charge in [-0.1, -0.05) is 54.1 Å². The highest BCUT2D eigenvalue weighted by atomic mass is 35.5. The fourth-order valence-electron chi connectivity index (χ4n) is 4.28. The number of halogens is 1. The molecule has 3 aromatic rings. The van der Waals surface area contributed by atoms with Crippen LogP contribution in [0.3, 0.4) is 0 Å². The van der Waals surface area contributed by atoms with Crippen LogP contribution >= 0.6 is 11.6 Å². The summed E-state index contributed by atoms with van der Waals surface area (Å²) >= 11 is 6.51. The van der Waals surface area contributed by atoms with Crippen molar-refractivity contribution < 1.29 is 4.79 Å². The molecule has 0 saturated heterocycles. The number of rotatable bonds is 1. The number of benzene rings is 2. The normalized spacial score (nSPS) is 16.9. The van der Waals surface area contributed by atoms with Gasteiger partial charge in [-0.15, -0.1) is 0 Å². The highest BCUT2D eigenvalue weighted by Crippen LogP contribution is 2.48. The van der Waals surface area contributed by atoms with Crippen LogP contribution in [0.15, 0.2) is 63.7 Å². The molecular formula is C22H16ClN3O3. The standard InChI is InChI=1S/C22H16ClN3O3/c1-25-20-17(21(28)26(2)22(25)29)15(13-9-5-6-10-14(13)23)16-18(24-20)11-7-3-4-8-12(11)19(16)27/h3-10,15,24H,1-2H3. The lowest BCUT2D eigenvalue weighted by Crippen LogP contribution is -2.42. The SMILES string of the molecule is Cn1c2c(c(=O)n(C)c1=O)C(c1ccccc1Cl)C1=C(N2)c2ccccc2C1=O. The number of nitrogens with one attached hydrogen (secondary N) is 1. The van der Waals surface area contributed by atoms with Crippen LogP contribution in [0, 0.1) is 0 Å². The third-order valence-electron chi connectivity index (χ3n) is 5.69. The van der Waals surface area contributed by atoms with Crippen LogP contribution in [0.4, 0.5) is 5.82 Å². The Bertz CT molecular complexity index is 1380.